The Morgan fingerprint density at radius 3 is 2.40 bits per heavy atom. The monoisotopic (exact) mass is 292 g/mol. The highest BCUT2D eigenvalue weighted by Crippen LogP contribution is 2.20. The normalized spacial score (nSPS) is 11.0. The maximum atomic E-state index is 12.4. The van der Waals surface area contributed by atoms with E-state index in [0.717, 1.165) is 12.1 Å². The lowest BCUT2D eigenvalue weighted by atomic mass is 10.3. The van der Waals surface area contributed by atoms with Crippen LogP contribution in [0, 0.1) is 0 Å². The first-order valence-corrected chi connectivity index (χ1v) is 5.32. The Hall–Kier alpha value is -2.39. The van der Waals surface area contributed by atoms with Crippen LogP contribution in [0.25, 0.3) is 0 Å². The van der Waals surface area contributed by atoms with Crippen LogP contribution in [0.15, 0.2) is 12.1 Å². The fraction of sp³-hybridized carbons (Fsp3) is 0.400. The minimum absolute atomic E-state index is 0.0847. The van der Waals surface area contributed by atoms with Gasteiger partial charge in [-0.25, -0.2) is 0 Å². The summed E-state index contributed by atoms with van der Waals surface area (Å²) >= 11 is 0. The topological polar surface area (TPSA) is 95.4 Å². The number of aromatic nitrogens is 2. The highest BCUT2D eigenvalue weighted by molar-refractivity contribution is 5.91. The molecule has 0 aliphatic carbocycles. The van der Waals surface area contributed by atoms with E-state index in [1.54, 1.807) is 0 Å². The molecule has 2 N–H and O–H groups in total. The van der Waals surface area contributed by atoms with E-state index in [2.05, 4.69) is 15.5 Å². The third kappa shape index (κ3) is 4.71. The molecule has 0 saturated carbocycles. The van der Waals surface area contributed by atoms with Gasteiger partial charge in [0.25, 0.3) is 5.91 Å². The highest BCUT2D eigenvalue weighted by Gasteiger charge is 2.32. The summed E-state index contributed by atoms with van der Waals surface area (Å²) < 4.78 is 37.1. The molecule has 1 rings (SSSR count). The van der Waals surface area contributed by atoms with Crippen LogP contribution in [0.2, 0.25) is 0 Å². The Kier molecular flexibility index (Phi) is 4.83. The third-order valence-corrected chi connectivity index (χ3v) is 2.13. The molecule has 20 heavy (non-hydrogen) atoms. The fourth-order valence-corrected chi connectivity index (χ4v) is 1.34. The van der Waals surface area contributed by atoms with Crippen molar-refractivity contribution in [2.75, 3.05) is 25.0 Å². The number of alkyl halides is 3. The number of nitrogens with zero attached hydrogens (tertiary/aromatic N) is 3. The highest BCUT2D eigenvalue weighted by atomic mass is 19.4. The zero-order chi connectivity index (χ0) is 15.3. The molecule has 0 fully saturated rings. The molecule has 0 aromatic carbocycles. The quantitative estimate of drug-likeness (QED) is 0.810. The van der Waals surface area contributed by atoms with E-state index in [9.17, 15) is 22.8 Å². The van der Waals surface area contributed by atoms with Gasteiger partial charge in [0.15, 0.2) is 11.5 Å². The van der Waals surface area contributed by atoms with Gasteiger partial charge in [0, 0.05) is 7.05 Å². The number of carbonyl (C=O) groups is 2. The first kappa shape index (κ1) is 15.7. The molecule has 0 unspecified atom stereocenters. The molecule has 0 atom stereocenters. The largest absolute Gasteiger partial charge is 0.480 e. The lowest BCUT2D eigenvalue weighted by molar-refractivity contribution is -0.136. The number of carboxylic acids is 1. The maximum Gasteiger partial charge on any atom is 0.405 e. The van der Waals surface area contributed by atoms with E-state index in [4.69, 9.17) is 5.11 Å². The van der Waals surface area contributed by atoms with E-state index in [1.807, 2.05) is 0 Å². The number of hydrogen-bond acceptors (Lipinski definition) is 5. The number of amides is 1. The standard InChI is InChI=1S/C10H11F3N4O3/c1-14-9(20)6-2-3-7(16-15-6)17(4-8(18)19)5-10(11,12)13/h2-3H,4-5H2,1H3,(H,14,20)(H,18,19). The van der Waals surface area contributed by atoms with Gasteiger partial charge in [-0.1, -0.05) is 0 Å². The number of rotatable bonds is 5. The summed E-state index contributed by atoms with van der Waals surface area (Å²) in [6, 6.07) is 2.26. The van der Waals surface area contributed by atoms with E-state index < -0.39 is 31.1 Å². The molecule has 110 valence electrons. The van der Waals surface area contributed by atoms with Crippen LogP contribution in [-0.2, 0) is 4.79 Å². The van der Waals surface area contributed by atoms with Crippen molar-refractivity contribution < 1.29 is 27.9 Å². The van der Waals surface area contributed by atoms with Gasteiger partial charge in [-0.3, -0.25) is 9.59 Å². The number of halogens is 3. The summed E-state index contributed by atoms with van der Waals surface area (Å²) in [7, 11) is 1.36. The molecule has 1 aromatic rings. The number of nitrogens with one attached hydrogen (secondary N) is 1. The SMILES string of the molecule is CNC(=O)c1ccc(N(CC(=O)O)CC(F)(F)F)nn1. The van der Waals surface area contributed by atoms with Crippen LogP contribution in [0.3, 0.4) is 0 Å². The van der Waals surface area contributed by atoms with Gasteiger partial charge in [0.2, 0.25) is 0 Å². The minimum atomic E-state index is -4.59. The second-order valence-electron chi connectivity index (χ2n) is 3.72. The zero-order valence-corrected chi connectivity index (χ0v) is 10.3. The van der Waals surface area contributed by atoms with Crippen molar-refractivity contribution in [2.45, 2.75) is 6.18 Å². The maximum absolute atomic E-state index is 12.4. The van der Waals surface area contributed by atoms with Gasteiger partial charge in [-0.05, 0) is 12.1 Å². The lowest BCUT2D eigenvalue weighted by Gasteiger charge is -2.22. The molecule has 0 aliphatic heterocycles. The Morgan fingerprint density at radius 1 is 1.35 bits per heavy atom. The molecule has 0 bridgehead atoms. The van der Waals surface area contributed by atoms with E-state index in [0.29, 0.717) is 4.90 Å². The number of aliphatic carboxylic acids is 1. The molecule has 10 heteroatoms. The van der Waals surface area contributed by atoms with Gasteiger partial charge in [-0.15, -0.1) is 10.2 Å². The molecule has 1 heterocycles. The third-order valence-electron chi connectivity index (χ3n) is 2.13. The van der Waals surface area contributed by atoms with Crippen LogP contribution in [0.5, 0.6) is 0 Å². The van der Waals surface area contributed by atoms with Gasteiger partial charge < -0.3 is 15.3 Å². The second kappa shape index (κ2) is 6.17. The molecule has 0 aliphatic rings. The first-order valence-electron chi connectivity index (χ1n) is 5.32. The number of carboxylic acid groups (broad SMARTS) is 1. The average Bonchev–Trinajstić information content (AvgIpc) is 2.35. The van der Waals surface area contributed by atoms with Crippen molar-refractivity contribution in [1.29, 1.82) is 0 Å². The van der Waals surface area contributed by atoms with Crippen LogP contribution in [0.1, 0.15) is 10.5 Å². The predicted molar refractivity (Wildman–Crippen MR) is 61.3 cm³/mol. The van der Waals surface area contributed by atoms with Gasteiger partial charge in [0.1, 0.15) is 13.1 Å². The average molecular weight is 292 g/mol. The van der Waals surface area contributed by atoms with Crippen molar-refractivity contribution in [3.8, 4) is 0 Å². The number of anilines is 1. The van der Waals surface area contributed by atoms with Gasteiger partial charge in [0.05, 0.1) is 0 Å². The van der Waals surface area contributed by atoms with Crippen molar-refractivity contribution in [3.05, 3.63) is 17.8 Å². The Morgan fingerprint density at radius 2 is 2.00 bits per heavy atom. The number of hydrogen-bond donors (Lipinski definition) is 2. The molecule has 1 amide bonds. The summed E-state index contributed by atoms with van der Waals surface area (Å²) in [5.41, 5.74) is -0.0847. The fourth-order valence-electron chi connectivity index (χ4n) is 1.34. The summed E-state index contributed by atoms with van der Waals surface area (Å²) in [5.74, 6) is -2.27. The van der Waals surface area contributed by atoms with Crippen molar-refractivity contribution in [3.63, 3.8) is 0 Å². The van der Waals surface area contributed by atoms with Crippen LogP contribution in [-0.4, -0.2) is 53.5 Å². The van der Waals surface area contributed by atoms with Crippen molar-refractivity contribution >= 4 is 17.7 Å². The Balaban J connectivity index is 2.96. The first-order chi connectivity index (χ1) is 9.23. The second-order valence-corrected chi connectivity index (χ2v) is 3.72. The molecule has 7 nitrogen and oxygen atoms in total. The van der Waals surface area contributed by atoms with Gasteiger partial charge in [-0.2, -0.15) is 13.2 Å². The van der Waals surface area contributed by atoms with Crippen molar-refractivity contribution in [1.82, 2.24) is 15.5 Å². The summed E-state index contributed by atoms with van der Waals surface area (Å²) in [6.45, 7) is -2.36. The summed E-state index contributed by atoms with van der Waals surface area (Å²) in [5, 5.41) is 17.8. The summed E-state index contributed by atoms with van der Waals surface area (Å²) in [6.07, 6.45) is -4.59. The molecule has 1 aromatic heterocycles. The zero-order valence-electron chi connectivity index (χ0n) is 10.3. The Labute approximate surface area is 111 Å². The minimum Gasteiger partial charge on any atom is -0.480 e. The van der Waals surface area contributed by atoms with E-state index in [1.165, 1.54) is 7.05 Å². The lowest BCUT2D eigenvalue weighted by Crippen LogP contribution is -2.38. The molecular formula is C10H11F3N4O3. The van der Waals surface area contributed by atoms with Crippen molar-refractivity contribution in [2.24, 2.45) is 0 Å². The van der Waals surface area contributed by atoms with Gasteiger partial charge >= 0.3 is 12.1 Å². The van der Waals surface area contributed by atoms with Crippen LogP contribution in [0.4, 0.5) is 19.0 Å². The van der Waals surface area contributed by atoms with Crippen LogP contribution < -0.4 is 10.2 Å². The summed E-state index contributed by atoms with van der Waals surface area (Å²) in [4.78, 5) is 22.3. The van der Waals surface area contributed by atoms with E-state index >= 15 is 0 Å². The van der Waals surface area contributed by atoms with Crippen LogP contribution >= 0.6 is 0 Å². The molecular weight excluding hydrogens is 281 g/mol. The Bertz CT molecular complexity index is 490. The smallest absolute Gasteiger partial charge is 0.405 e. The molecule has 0 radical (unpaired) electrons. The predicted octanol–water partition coefficient (Wildman–Crippen LogP) is 0.289. The molecule has 0 saturated heterocycles. The molecule has 0 spiro atoms. The van der Waals surface area contributed by atoms with E-state index in [-0.39, 0.29) is 11.5 Å². The number of carbonyl (C=O) groups excluding carboxylic acids is 1.